The standard InChI is InChI=1S/C30H33N3O5/c1-36-26-12-6-3-9-20(26)15-16-29(35)33-30(31)23(17-21-18-32-24-11-5-4-10-22(21)24)25(34)19-38-28-14-8-7-13-27(28)37-2/h3-14,18,23,30,32H,15-17,19,31H2,1-2H3,(H,33,35)/t23?,30-/m1/s1. The molecule has 38 heavy (non-hydrogen) atoms. The number of hydrogen-bond acceptors (Lipinski definition) is 6. The first kappa shape index (κ1) is 26.8. The summed E-state index contributed by atoms with van der Waals surface area (Å²) in [7, 11) is 3.14. The monoisotopic (exact) mass is 515 g/mol. The highest BCUT2D eigenvalue weighted by atomic mass is 16.5. The predicted octanol–water partition coefficient (Wildman–Crippen LogP) is 4.03. The molecule has 0 bridgehead atoms. The Morgan fingerprint density at radius 3 is 2.29 bits per heavy atom. The van der Waals surface area contributed by atoms with Crippen molar-refractivity contribution in [3.05, 3.63) is 90.1 Å². The highest BCUT2D eigenvalue weighted by Gasteiger charge is 2.29. The molecular formula is C30H33N3O5. The molecule has 8 heteroatoms. The number of ether oxygens (including phenoxy) is 3. The first-order valence-electron chi connectivity index (χ1n) is 12.5. The molecule has 0 spiro atoms. The van der Waals surface area contributed by atoms with Crippen molar-refractivity contribution in [3.8, 4) is 17.2 Å². The fraction of sp³-hybridized carbons (Fsp3) is 0.267. The fourth-order valence-electron chi connectivity index (χ4n) is 4.49. The maximum Gasteiger partial charge on any atom is 0.221 e. The summed E-state index contributed by atoms with van der Waals surface area (Å²) in [6, 6.07) is 22.5. The molecule has 8 nitrogen and oxygen atoms in total. The first-order valence-corrected chi connectivity index (χ1v) is 12.5. The molecule has 4 aromatic rings. The molecule has 0 fully saturated rings. The number of hydrogen-bond donors (Lipinski definition) is 3. The molecule has 1 amide bonds. The molecule has 0 aliphatic heterocycles. The van der Waals surface area contributed by atoms with E-state index < -0.39 is 12.1 Å². The van der Waals surface area contributed by atoms with Gasteiger partial charge >= 0.3 is 0 Å². The van der Waals surface area contributed by atoms with Crippen LogP contribution in [0, 0.1) is 5.92 Å². The minimum Gasteiger partial charge on any atom is -0.496 e. The van der Waals surface area contributed by atoms with E-state index >= 15 is 0 Å². The van der Waals surface area contributed by atoms with Crippen LogP contribution in [0.1, 0.15) is 17.5 Å². The Balaban J connectivity index is 1.47. The van der Waals surface area contributed by atoms with Gasteiger partial charge in [0.2, 0.25) is 5.91 Å². The van der Waals surface area contributed by atoms with E-state index in [1.807, 2.05) is 60.8 Å². The lowest BCUT2D eigenvalue weighted by Crippen LogP contribution is -2.51. The fourth-order valence-corrected chi connectivity index (χ4v) is 4.49. The van der Waals surface area contributed by atoms with E-state index in [4.69, 9.17) is 19.9 Å². The quantitative estimate of drug-likeness (QED) is 0.232. The van der Waals surface area contributed by atoms with Crippen LogP contribution in [0.5, 0.6) is 17.2 Å². The predicted molar refractivity (Wildman–Crippen MR) is 146 cm³/mol. The number of aromatic amines is 1. The number of nitrogens with two attached hydrogens (primary N) is 1. The van der Waals surface area contributed by atoms with Crippen LogP contribution in [-0.4, -0.2) is 43.7 Å². The van der Waals surface area contributed by atoms with Crippen LogP contribution in [0.2, 0.25) is 0 Å². The van der Waals surface area contributed by atoms with Gasteiger partial charge in [0.05, 0.1) is 26.3 Å². The SMILES string of the molecule is COc1ccccc1CCC(=O)N[C@@H](N)C(Cc1c[nH]c2ccccc12)C(=O)COc1ccccc1OC. The second kappa shape index (κ2) is 12.8. The summed E-state index contributed by atoms with van der Waals surface area (Å²) in [5.41, 5.74) is 9.29. The van der Waals surface area contributed by atoms with E-state index in [0.29, 0.717) is 24.3 Å². The van der Waals surface area contributed by atoms with Crippen LogP contribution in [0.4, 0.5) is 0 Å². The number of rotatable bonds is 13. The summed E-state index contributed by atoms with van der Waals surface area (Å²) in [5.74, 6) is 0.542. The Bertz CT molecular complexity index is 1380. The van der Waals surface area contributed by atoms with Gasteiger partial charge in [-0.15, -0.1) is 0 Å². The highest BCUT2D eigenvalue weighted by molar-refractivity contribution is 5.87. The van der Waals surface area contributed by atoms with Gasteiger partial charge in [0.1, 0.15) is 12.4 Å². The minimum absolute atomic E-state index is 0.208. The van der Waals surface area contributed by atoms with Gasteiger partial charge < -0.3 is 30.2 Å². The topological polar surface area (TPSA) is 116 Å². The summed E-state index contributed by atoms with van der Waals surface area (Å²) in [5, 5.41) is 3.84. The van der Waals surface area contributed by atoms with Gasteiger partial charge in [0, 0.05) is 23.5 Å². The Morgan fingerprint density at radius 1 is 0.868 bits per heavy atom. The summed E-state index contributed by atoms with van der Waals surface area (Å²) in [6.45, 7) is -0.210. The smallest absolute Gasteiger partial charge is 0.221 e. The number of para-hydroxylation sites is 4. The van der Waals surface area contributed by atoms with E-state index in [1.165, 1.54) is 0 Å². The number of ketones is 1. The lowest BCUT2D eigenvalue weighted by molar-refractivity contribution is -0.127. The second-order valence-corrected chi connectivity index (χ2v) is 8.98. The van der Waals surface area contributed by atoms with Crippen molar-refractivity contribution in [1.82, 2.24) is 10.3 Å². The van der Waals surface area contributed by atoms with Crippen LogP contribution in [0.25, 0.3) is 10.9 Å². The number of nitrogens with one attached hydrogen (secondary N) is 2. The van der Waals surface area contributed by atoms with E-state index in [2.05, 4.69) is 10.3 Å². The van der Waals surface area contributed by atoms with Gasteiger partial charge in [0.15, 0.2) is 17.3 Å². The molecular weight excluding hydrogens is 482 g/mol. The number of benzene rings is 3. The molecule has 4 N–H and O–H groups in total. The van der Waals surface area contributed by atoms with Gasteiger partial charge in [0.25, 0.3) is 0 Å². The molecule has 1 heterocycles. The van der Waals surface area contributed by atoms with Crippen LogP contribution in [-0.2, 0) is 22.4 Å². The molecule has 0 saturated carbocycles. The number of carbonyl (C=O) groups is 2. The van der Waals surface area contributed by atoms with Gasteiger partial charge in [-0.1, -0.05) is 48.5 Å². The summed E-state index contributed by atoms with van der Waals surface area (Å²) in [4.78, 5) is 29.5. The molecule has 0 radical (unpaired) electrons. The van der Waals surface area contributed by atoms with Gasteiger partial charge in [-0.2, -0.15) is 0 Å². The Hall–Kier alpha value is -4.30. The molecule has 4 rings (SSSR count). The van der Waals surface area contributed by atoms with E-state index in [0.717, 1.165) is 27.8 Å². The number of Topliss-reactive ketones (excluding diaryl/α,β-unsaturated/α-hetero) is 1. The van der Waals surface area contributed by atoms with Crippen LogP contribution >= 0.6 is 0 Å². The summed E-state index contributed by atoms with van der Waals surface area (Å²) >= 11 is 0. The molecule has 0 aliphatic carbocycles. The van der Waals surface area contributed by atoms with Crippen LogP contribution in [0.3, 0.4) is 0 Å². The molecule has 1 unspecified atom stereocenters. The summed E-state index contributed by atoms with van der Waals surface area (Å²) < 4.78 is 16.5. The average molecular weight is 516 g/mol. The number of aromatic nitrogens is 1. The average Bonchev–Trinajstić information content (AvgIpc) is 3.36. The van der Waals surface area contributed by atoms with Crippen molar-refractivity contribution in [2.24, 2.45) is 11.7 Å². The van der Waals surface area contributed by atoms with Crippen molar-refractivity contribution in [2.45, 2.75) is 25.4 Å². The van der Waals surface area contributed by atoms with Crippen LogP contribution < -0.4 is 25.3 Å². The van der Waals surface area contributed by atoms with E-state index in [1.54, 1.807) is 32.4 Å². The normalized spacial score (nSPS) is 12.5. The molecule has 2 atom stereocenters. The van der Waals surface area contributed by atoms with E-state index in [-0.39, 0.29) is 24.7 Å². The van der Waals surface area contributed by atoms with Crippen molar-refractivity contribution in [1.29, 1.82) is 0 Å². The van der Waals surface area contributed by atoms with Crippen LogP contribution in [0.15, 0.2) is 79.0 Å². The maximum absolute atomic E-state index is 13.4. The molecule has 1 aromatic heterocycles. The van der Waals surface area contributed by atoms with Crippen molar-refractivity contribution >= 4 is 22.6 Å². The van der Waals surface area contributed by atoms with Gasteiger partial charge in [-0.25, -0.2) is 0 Å². The van der Waals surface area contributed by atoms with E-state index in [9.17, 15) is 9.59 Å². The van der Waals surface area contributed by atoms with Gasteiger partial charge in [-0.3, -0.25) is 9.59 Å². The third kappa shape index (κ3) is 6.52. The Morgan fingerprint density at radius 2 is 1.53 bits per heavy atom. The zero-order valence-corrected chi connectivity index (χ0v) is 21.6. The Kier molecular flexibility index (Phi) is 9.00. The zero-order valence-electron chi connectivity index (χ0n) is 21.6. The first-order chi connectivity index (χ1) is 18.5. The number of methoxy groups -OCH3 is 2. The lowest BCUT2D eigenvalue weighted by atomic mass is 9.92. The lowest BCUT2D eigenvalue weighted by Gasteiger charge is -2.24. The van der Waals surface area contributed by atoms with Crippen molar-refractivity contribution < 1.29 is 23.8 Å². The number of fused-ring (bicyclic) bond motifs is 1. The number of aryl methyl sites for hydroxylation is 1. The Labute approximate surface area is 222 Å². The summed E-state index contributed by atoms with van der Waals surface area (Å²) in [6.07, 6.45) is 2.01. The molecule has 0 saturated heterocycles. The molecule has 3 aromatic carbocycles. The third-order valence-electron chi connectivity index (χ3n) is 6.54. The number of amides is 1. The van der Waals surface area contributed by atoms with Crippen molar-refractivity contribution in [2.75, 3.05) is 20.8 Å². The number of H-pyrrole nitrogens is 1. The van der Waals surface area contributed by atoms with Crippen molar-refractivity contribution in [3.63, 3.8) is 0 Å². The maximum atomic E-state index is 13.4. The molecule has 198 valence electrons. The third-order valence-corrected chi connectivity index (χ3v) is 6.54. The zero-order chi connectivity index (χ0) is 26.9. The highest BCUT2D eigenvalue weighted by Crippen LogP contribution is 2.27. The number of carbonyl (C=O) groups excluding carboxylic acids is 2. The second-order valence-electron chi connectivity index (χ2n) is 8.98. The largest absolute Gasteiger partial charge is 0.496 e. The molecule has 0 aliphatic rings. The minimum atomic E-state index is -0.900. The van der Waals surface area contributed by atoms with Gasteiger partial charge in [-0.05, 0) is 48.2 Å².